The smallest absolute Gasteiger partial charge is 0.255 e. The fourth-order valence-corrected chi connectivity index (χ4v) is 4.58. The molecule has 1 aromatic rings. The number of pyridine rings is 1. The van der Waals surface area contributed by atoms with Crippen LogP contribution in [0.1, 0.15) is 67.7 Å². The monoisotopic (exact) mass is 360 g/mol. The number of amides is 1. The van der Waals surface area contributed by atoms with Crippen LogP contribution in [-0.4, -0.2) is 10.9 Å². The maximum Gasteiger partial charge on any atom is 0.255 e. The highest BCUT2D eigenvalue weighted by molar-refractivity contribution is 6.06. The first-order valence-corrected chi connectivity index (χ1v) is 10.4. The average molecular weight is 361 g/mol. The van der Waals surface area contributed by atoms with E-state index >= 15 is 0 Å². The van der Waals surface area contributed by atoms with Gasteiger partial charge >= 0.3 is 0 Å². The fraction of sp³-hybridized carbons (Fsp3) is 0.417. The second-order valence-electron chi connectivity index (χ2n) is 7.76. The van der Waals surface area contributed by atoms with Crippen molar-refractivity contribution < 1.29 is 4.79 Å². The van der Waals surface area contributed by atoms with Crippen molar-refractivity contribution in [2.24, 2.45) is 0 Å². The van der Waals surface area contributed by atoms with Gasteiger partial charge in [0.25, 0.3) is 5.91 Å². The summed E-state index contributed by atoms with van der Waals surface area (Å²) in [5.41, 5.74) is 5.67. The average Bonchev–Trinajstić information content (AvgIpc) is 2.95. The van der Waals surface area contributed by atoms with Gasteiger partial charge in [-0.3, -0.25) is 9.78 Å². The number of hydrogen-bond acceptors (Lipinski definition) is 2. The number of aryl methyl sites for hydroxylation is 1. The molecule has 1 aromatic heterocycles. The summed E-state index contributed by atoms with van der Waals surface area (Å²) in [6.45, 7) is 0. The normalized spacial score (nSPS) is 22.1. The Bertz CT molecular complexity index is 821. The molecule has 0 saturated heterocycles. The minimum absolute atomic E-state index is 0.0548. The van der Waals surface area contributed by atoms with E-state index in [2.05, 4.69) is 5.32 Å². The maximum atomic E-state index is 12.9. The van der Waals surface area contributed by atoms with Gasteiger partial charge in [-0.2, -0.15) is 0 Å². The molecule has 3 aliphatic carbocycles. The van der Waals surface area contributed by atoms with E-state index in [9.17, 15) is 4.79 Å². The molecule has 27 heavy (non-hydrogen) atoms. The van der Waals surface area contributed by atoms with Crippen molar-refractivity contribution in [2.75, 3.05) is 5.32 Å². The van der Waals surface area contributed by atoms with Gasteiger partial charge in [-0.15, -0.1) is 0 Å². The third kappa shape index (κ3) is 4.13. The van der Waals surface area contributed by atoms with Gasteiger partial charge in [0.1, 0.15) is 0 Å². The lowest BCUT2D eigenvalue weighted by atomic mass is 9.87. The fourth-order valence-electron chi connectivity index (χ4n) is 4.58. The molecule has 3 aliphatic rings. The Morgan fingerprint density at radius 1 is 0.926 bits per heavy atom. The molecule has 0 spiro atoms. The Hall–Kier alpha value is -2.42. The van der Waals surface area contributed by atoms with Crippen LogP contribution in [0.2, 0.25) is 0 Å². The van der Waals surface area contributed by atoms with E-state index in [0.717, 1.165) is 18.5 Å². The van der Waals surface area contributed by atoms with E-state index in [1.54, 1.807) is 0 Å². The SMILES string of the molecule is O=C(Nc1cnc2c(c1C1CCCCCC1)CCC2)C1=C/C=C\C=C/C=C1. The Kier molecular flexibility index (Phi) is 5.66. The Morgan fingerprint density at radius 2 is 1.70 bits per heavy atom. The number of nitrogens with one attached hydrogen (secondary N) is 1. The number of allylic oxidation sites excluding steroid dienone is 6. The summed E-state index contributed by atoms with van der Waals surface area (Å²) in [5, 5.41) is 3.20. The summed E-state index contributed by atoms with van der Waals surface area (Å²) < 4.78 is 0. The van der Waals surface area contributed by atoms with Crippen LogP contribution in [0.5, 0.6) is 0 Å². The van der Waals surface area contributed by atoms with E-state index in [4.69, 9.17) is 4.98 Å². The molecule has 0 aromatic carbocycles. The van der Waals surface area contributed by atoms with Gasteiger partial charge in [-0.05, 0) is 61.3 Å². The number of aromatic nitrogens is 1. The predicted octanol–water partition coefficient (Wildman–Crippen LogP) is 5.56. The molecule has 140 valence electrons. The first-order chi connectivity index (χ1) is 13.3. The first kappa shape index (κ1) is 18.0. The van der Waals surface area contributed by atoms with Crippen molar-refractivity contribution >= 4 is 11.6 Å². The molecule has 3 nitrogen and oxygen atoms in total. The number of carbonyl (C=O) groups excluding carboxylic acids is 1. The Balaban J connectivity index is 1.65. The topological polar surface area (TPSA) is 42.0 Å². The van der Waals surface area contributed by atoms with Crippen molar-refractivity contribution in [1.82, 2.24) is 4.98 Å². The molecular weight excluding hydrogens is 332 g/mol. The van der Waals surface area contributed by atoms with E-state index in [1.807, 2.05) is 48.7 Å². The number of carbonyl (C=O) groups is 1. The summed E-state index contributed by atoms with van der Waals surface area (Å²) in [6, 6.07) is 0. The standard InChI is InChI=1S/C24H28N2O/c27-24(19-13-8-2-1-3-9-14-19)26-22-17-25-21-16-10-15-20(21)23(22)18-11-6-4-5-7-12-18/h1-3,8-9,13-14,17-18H,4-7,10-12,15-16H2,(H,26,27)/b2-1-,3-1?,8-2?,9-3-,13-8?,14-9?,19-13?,19-14?. The summed E-state index contributed by atoms with van der Waals surface area (Å²) in [5.74, 6) is 0.503. The third-order valence-electron chi connectivity index (χ3n) is 5.92. The third-order valence-corrected chi connectivity index (χ3v) is 5.92. The van der Waals surface area contributed by atoms with Gasteiger partial charge in [-0.25, -0.2) is 0 Å². The maximum absolute atomic E-state index is 12.9. The molecule has 0 radical (unpaired) electrons. The van der Waals surface area contributed by atoms with Gasteiger partial charge in [0.15, 0.2) is 0 Å². The second-order valence-corrected chi connectivity index (χ2v) is 7.76. The molecule has 0 bridgehead atoms. The zero-order valence-corrected chi connectivity index (χ0v) is 15.9. The van der Waals surface area contributed by atoms with E-state index in [0.29, 0.717) is 11.5 Å². The number of nitrogens with zero attached hydrogens (tertiary/aromatic N) is 1. The van der Waals surface area contributed by atoms with Crippen LogP contribution in [0.15, 0.2) is 54.3 Å². The summed E-state index contributed by atoms with van der Waals surface area (Å²) in [4.78, 5) is 17.6. The van der Waals surface area contributed by atoms with E-state index in [-0.39, 0.29) is 5.91 Å². The molecule has 1 amide bonds. The van der Waals surface area contributed by atoms with Crippen molar-refractivity contribution in [2.45, 2.75) is 63.7 Å². The molecule has 1 N–H and O–H groups in total. The minimum Gasteiger partial charge on any atom is -0.320 e. The van der Waals surface area contributed by atoms with Crippen LogP contribution in [-0.2, 0) is 17.6 Å². The van der Waals surface area contributed by atoms with Gasteiger partial charge < -0.3 is 5.32 Å². The summed E-state index contributed by atoms with van der Waals surface area (Å²) in [7, 11) is 0. The molecule has 1 saturated carbocycles. The molecule has 1 heterocycles. The van der Waals surface area contributed by atoms with Crippen LogP contribution < -0.4 is 5.32 Å². The zero-order chi connectivity index (χ0) is 18.5. The van der Waals surface area contributed by atoms with Gasteiger partial charge in [0.05, 0.1) is 11.9 Å². The van der Waals surface area contributed by atoms with Crippen LogP contribution in [0, 0.1) is 0 Å². The molecule has 0 unspecified atom stereocenters. The predicted molar refractivity (Wildman–Crippen MR) is 111 cm³/mol. The highest BCUT2D eigenvalue weighted by Crippen LogP contribution is 2.40. The lowest BCUT2D eigenvalue weighted by molar-refractivity contribution is -0.112. The molecule has 1 fully saturated rings. The second kappa shape index (κ2) is 8.51. The van der Waals surface area contributed by atoms with Crippen LogP contribution in [0.3, 0.4) is 0 Å². The lowest BCUT2D eigenvalue weighted by Crippen LogP contribution is -2.17. The van der Waals surface area contributed by atoms with Gasteiger partial charge in [0, 0.05) is 11.3 Å². The highest BCUT2D eigenvalue weighted by Gasteiger charge is 2.26. The van der Waals surface area contributed by atoms with Crippen molar-refractivity contribution in [3.05, 3.63) is 71.1 Å². The molecule has 0 aliphatic heterocycles. The van der Waals surface area contributed by atoms with Crippen molar-refractivity contribution in [1.29, 1.82) is 0 Å². The zero-order valence-electron chi connectivity index (χ0n) is 15.9. The van der Waals surface area contributed by atoms with Gasteiger partial charge in [-0.1, -0.05) is 56.1 Å². The molecule has 4 rings (SSSR count). The summed E-state index contributed by atoms with van der Waals surface area (Å²) in [6.07, 6.45) is 26.4. The van der Waals surface area contributed by atoms with Crippen LogP contribution >= 0.6 is 0 Å². The number of fused-ring (bicyclic) bond motifs is 1. The van der Waals surface area contributed by atoms with Crippen LogP contribution in [0.25, 0.3) is 0 Å². The number of rotatable bonds is 3. The quantitative estimate of drug-likeness (QED) is 0.718. The number of anilines is 1. The molecule has 0 atom stereocenters. The van der Waals surface area contributed by atoms with Crippen molar-refractivity contribution in [3.63, 3.8) is 0 Å². The summed E-state index contributed by atoms with van der Waals surface area (Å²) >= 11 is 0. The highest BCUT2D eigenvalue weighted by atomic mass is 16.1. The van der Waals surface area contributed by atoms with Crippen LogP contribution in [0.4, 0.5) is 5.69 Å². The number of hydrogen-bond donors (Lipinski definition) is 1. The Labute approximate surface area is 162 Å². The van der Waals surface area contributed by atoms with E-state index in [1.165, 1.54) is 61.8 Å². The molecular formula is C24H28N2O. The Morgan fingerprint density at radius 3 is 2.56 bits per heavy atom. The van der Waals surface area contributed by atoms with E-state index < -0.39 is 0 Å². The van der Waals surface area contributed by atoms with Gasteiger partial charge in [0.2, 0.25) is 0 Å². The molecule has 3 heteroatoms. The largest absolute Gasteiger partial charge is 0.320 e. The minimum atomic E-state index is -0.0548. The van der Waals surface area contributed by atoms with Crippen molar-refractivity contribution in [3.8, 4) is 0 Å². The first-order valence-electron chi connectivity index (χ1n) is 10.4. The lowest BCUT2D eigenvalue weighted by Gasteiger charge is -2.22.